The van der Waals surface area contributed by atoms with Crippen LogP contribution in [-0.4, -0.2) is 11.0 Å². The van der Waals surface area contributed by atoms with E-state index in [1.807, 2.05) is 12.1 Å². The molecule has 2 saturated carbocycles. The summed E-state index contributed by atoms with van der Waals surface area (Å²) in [6.07, 6.45) is 3.08. The van der Waals surface area contributed by atoms with Crippen LogP contribution in [0.15, 0.2) is 29.4 Å². The molecule has 3 rings (SSSR count). The molecule has 0 aliphatic heterocycles. The molecule has 0 saturated heterocycles. The number of nitrogens with zero attached hydrogens (tertiary/aromatic N) is 2. The van der Waals surface area contributed by atoms with E-state index in [2.05, 4.69) is 5.11 Å². The van der Waals surface area contributed by atoms with Gasteiger partial charge in [-0.1, -0.05) is 12.1 Å². The van der Waals surface area contributed by atoms with Crippen LogP contribution in [-0.2, 0) is 5.41 Å². The number of halogens is 1. The molecule has 5 nitrogen and oxygen atoms in total. The monoisotopic (exact) mass is 267 g/mol. The summed E-state index contributed by atoms with van der Waals surface area (Å²) in [6.45, 7) is 0. The smallest absolute Gasteiger partial charge is 0.258 e. The fourth-order valence-corrected chi connectivity index (χ4v) is 3.26. The highest BCUT2D eigenvalue weighted by atomic mass is 35.5. The van der Waals surface area contributed by atoms with E-state index in [0.717, 1.165) is 19.3 Å². The molecular formula is C12H14ClN3O2. The summed E-state index contributed by atoms with van der Waals surface area (Å²) < 4.78 is 0. The summed E-state index contributed by atoms with van der Waals surface area (Å²) in [5.41, 5.74) is 8.58. The summed E-state index contributed by atoms with van der Waals surface area (Å²) in [4.78, 5) is 10.2. The van der Waals surface area contributed by atoms with Crippen molar-refractivity contribution in [3.8, 4) is 0 Å². The minimum Gasteiger partial charge on any atom is -0.258 e. The van der Waals surface area contributed by atoms with Gasteiger partial charge in [-0.3, -0.25) is 10.1 Å². The first-order valence-electron chi connectivity index (χ1n) is 5.77. The van der Waals surface area contributed by atoms with Crippen LogP contribution < -0.4 is 0 Å². The third-order valence-corrected chi connectivity index (χ3v) is 4.22. The number of hydrogen-bond acceptors (Lipinski definition) is 4. The largest absolute Gasteiger partial charge is 0.269 e. The minimum absolute atomic E-state index is 0. The van der Waals surface area contributed by atoms with Crippen LogP contribution in [0.2, 0.25) is 0 Å². The SMILES string of the molecule is Cl.N=NC1CC2CC2(c2ccc([N+](=O)[O-])cc2)C1. The molecule has 3 atom stereocenters. The molecule has 6 heteroatoms. The summed E-state index contributed by atoms with van der Waals surface area (Å²) >= 11 is 0. The lowest BCUT2D eigenvalue weighted by Crippen LogP contribution is -2.09. The topological polar surface area (TPSA) is 79.3 Å². The molecule has 96 valence electrons. The maximum Gasteiger partial charge on any atom is 0.269 e. The van der Waals surface area contributed by atoms with E-state index in [-0.39, 0.29) is 34.5 Å². The molecule has 0 aromatic heterocycles. The number of hydrogen-bond donors (Lipinski definition) is 1. The summed E-state index contributed by atoms with van der Waals surface area (Å²) in [6, 6.07) is 7.04. The number of nitro groups is 1. The van der Waals surface area contributed by atoms with Gasteiger partial charge in [-0.25, -0.2) is 5.53 Å². The summed E-state index contributed by atoms with van der Waals surface area (Å²) in [5, 5.41) is 14.2. The van der Waals surface area contributed by atoms with Crippen LogP contribution in [0.1, 0.15) is 24.8 Å². The molecule has 1 N–H and O–H groups in total. The lowest BCUT2D eigenvalue weighted by molar-refractivity contribution is -0.384. The molecule has 3 unspecified atom stereocenters. The Kier molecular flexibility index (Phi) is 3.11. The molecule has 2 aliphatic rings. The zero-order valence-electron chi connectivity index (χ0n) is 9.70. The second kappa shape index (κ2) is 4.31. The van der Waals surface area contributed by atoms with Gasteiger partial charge in [0.25, 0.3) is 5.69 Å². The number of nitrogens with one attached hydrogen (secondary N) is 1. The summed E-state index contributed by atoms with van der Waals surface area (Å²) in [7, 11) is 0. The molecule has 2 aliphatic carbocycles. The third-order valence-electron chi connectivity index (χ3n) is 4.22. The molecule has 0 bridgehead atoms. The Hall–Kier alpha value is -1.49. The average Bonchev–Trinajstić information content (AvgIpc) is 2.92. The Balaban J connectivity index is 0.00000120. The van der Waals surface area contributed by atoms with Gasteiger partial charge in [0, 0.05) is 17.5 Å². The number of nitro benzene ring substituents is 1. The Morgan fingerprint density at radius 3 is 2.50 bits per heavy atom. The highest BCUT2D eigenvalue weighted by molar-refractivity contribution is 5.85. The first-order valence-corrected chi connectivity index (χ1v) is 5.77. The third kappa shape index (κ3) is 1.79. The number of fused-ring (bicyclic) bond motifs is 1. The molecule has 1 aromatic rings. The predicted octanol–water partition coefficient (Wildman–Crippen LogP) is 3.47. The van der Waals surface area contributed by atoms with Crippen molar-refractivity contribution in [1.29, 1.82) is 5.53 Å². The first kappa shape index (κ1) is 13.0. The van der Waals surface area contributed by atoms with E-state index in [0.29, 0.717) is 5.92 Å². The highest BCUT2D eigenvalue weighted by Crippen LogP contribution is 2.64. The van der Waals surface area contributed by atoms with E-state index < -0.39 is 0 Å². The van der Waals surface area contributed by atoms with Gasteiger partial charge in [0.05, 0.1) is 11.0 Å². The van der Waals surface area contributed by atoms with Crippen LogP contribution in [0, 0.1) is 21.6 Å². The maximum absolute atomic E-state index is 10.6. The van der Waals surface area contributed by atoms with Crippen LogP contribution in [0.3, 0.4) is 0 Å². The van der Waals surface area contributed by atoms with E-state index in [1.54, 1.807) is 12.1 Å². The van der Waals surface area contributed by atoms with Crippen LogP contribution in [0.5, 0.6) is 0 Å². The van der Waals surface area contributed by atoms with Gasteiger partial charge in [-0.15, -0.1) is 12.4 Å². The van der Waals surface area contributed by atoms with Gasteiger partial charge in [0.2, 0.25) is 0 Å². The van der Waals surface area contributed by atoms with Gasteiger partial charge >= 0.3 is 0 Å². The standard InChI is InChI=1S/C12H13N3O2.ClH/c13-14-10-5-9-6-12(9,7-10)8-1-3-11(4-2-8)15(16)17;/h1-4,9-10,13H,5-7H2;1H. The lowest BCUT2D eigenvalue weighted by atomic mass is 9.92. The second-order valence-electron chi connectivity index (χ2n) is 5.08. The molecule has 0 radical (unpaired) electrons. The highest BCUT2D eigenvalue weighted by Gasteiger charge is 2.61. The Morgan fingerprint density at radius 1 is 1.33 bits per heavy atom. The Morgan fingerprint density at radius 2 is 2.00 bits per heavy atom. The Bertz CT molecular complexity index is 491. The Labute approximate surface area is 111 Å². The van der Waals surface area contributed by atoms with Gasteiger partial charge in [-0.2, -0.15) is 5.11 Å². The van der Waals surface area contributed by atoms with Crippen molar-refractivity contribution in [1.82, 2.24) is 0 Å². The first-order chi connectivity index (χ1) is 8.15. The van der Waals surface area contributed by atoms with Crippen LogP contribution >= 0.6 is 12.4 Å². The van der Waals surface area contributed by atoms with Gasteiger partial charge in [-0.05, 0) is 30.7 Å². The lowest BCUT2D eigenvalue weighted by Gasteiger charge is -2.13. The molecule has 0 heterocycles. The van der Waals surface area contributed by atoms with E-state index in [9.17, 15) is 10.1 Å². The second-order valence-corrected chi connectivity index (χ2v) is 5.08. The number of benzene rings is 1. The van der Waals surface area contributed by atoms with E-state index in [1.165, 1.54) is 5.56 Å². The zero-order chi connectivity index (χ0) is 12.0. The van der Waals surface area contributed by atoms with Crippen LogP contribution in [0.4, 0.5) is 5.69 Å². The normalized spacial score (nSPS) is 32.2. The summed E-state index contributed by atoms with van der Waals surface area (Å²) in [5.74, 6) is 0.628. The fraction of sp³-hybridized carbons (Fsp3) is 0.500. The van der Waals surface area contributed by atoms with Crippen molar-refractivity contribution >= 4 is 18.1 Å². The molecule has 1 aromatic carbocycles. The van der Waals surface area contributed by atoms with Crippen LogP contribution in [0.25, 0.3) is 0 Å². The number of non-ortho nitro benzene ring substituents is 1. The molecule has 2 fully saturated rings. The van der Waals surface area contributed by atoms with Crippen molar-refractivity contribution in [2.24, 2.45) is 11.0 Å². The fourth-order valence-electron chi connectivity index (χ4n) is 3.26. The van der Waals surface area contributed by atoms with Gasteiger partial charge < -0.3 is 0 Å². The molecule has 18 heavy (non-hydrogen) atoms. The zero-order valence-corrected chi connectivity index (χ0v) is 10.5. The van der Waals surface area contributed by atoms with Crippen molar-refractivity contribution in [2.75, 3.05) is 0 Å². The van der Waals surface area contributed by atoms with Gasteiger partial charge in [0.1, 0.15) is 0 Å². The van der Waals surface area contributed by atoms with E-state index >= 15 is 0 Å². The van der Waals surface area contributed by atoms with Crippen molar-refractivity contribution in [3.05, 3.63) is 39.9 Å². The quantitative estimate of drug-likeness (QED) is 0.517. The average molecular weight is 268 g/mol. The maximum atomic E-state index is 10.6. The minimum atomic E-state index is -0.373. The van der Waals surface area contributed by atoms with Crippen molar-refractivity contribution in [3.63, 3.8) is 0 Å². The predicted molar refractivity (Wildman–Crippen MR) is 68.3 cm³/mol. The number of rotatable bonds is 3. The van der Waals surface area contributed by atoms with Crippen molar-refractivity contribution < 1.29 is 4.92 Å². The van der Waals surface area contributed by atoms with Crippen molar-refractivity contribution in [2.45, 2.75) is 30.7 Å². The molecule has 0 amide bonds. The van der Waals surface area contributed by atoms with E-state index in [4.69, 9.17) is 5.53 Å². The molecular weight excluding hydrogens is 254 g/mol. The molecule has 0 spiro atoms. The van der Waals surface area contributed by atoms with Gasteiger partial charge in [0.15, 0.2) is 0 Å².